The average Bonchev–Trinajstić information content (AvgIpc) is 3.24. The van der Waals surface area contributed by atoms with Crippen LogP contribution in [0.4, 0.5) is 11.8 Å². The van der Waals surface area contributed by atoms with Crippen molar-refractivity contribution >= 4 is 34.3 Å². The van der Waals surface area contributed by atoms with Crippen molar-refractivity contribution < 1.29 is 9.47 Å². The molecule has 0 spiro atoms. The van der Waals surface area contributed by atoms with E-state index in [9.17, 15) is 0 Å². The summed E-state index contributed by atoms with van der Waals surface area (Å²) in [5.41, 5.74) is 8.18. The Labute approximate surface area is 165 Å². The maximum Gasteiger partial charge on any atom is 0.224 e. The minimum atomic E-state index is 0.141. The molecule has 0 aliphatic heterocycles. The molecule has 0 aliphatic carbocycles. The lowest BCUT2D eigenvalue weighted by atomic mass is 10.1. The highest BCUT2D eigenvalue weighted by atomic mass is 32.1. The van der Waals surface area contributed by atoms with Crippen molar-refractivity contribution in [1.82, 2.24) is 19.9 Å². The highest BCUT2D eigenvalue weighted by Crippen LogP contribution is 2.37. The van der Waals surface area contributed by atoms with Gasteiger partial charge in [0, 0.05) is 10.4 Å². The summed E-state index contributed by atoms with van der Waals surface area (Å²) in [6.07, 6.45) is 1.63. The smallest absolute Gasteiger partial charge is 0.224 e. The van der Waals surface area contributed by atoms with Crippen LogP contribution in [-0.4, -0.2) is 34.2 Å². The first-order valence-electron chi connectivity index (χ1n) is 8.47. The number of nitrogens with zero attached hydrogens (tertiary/aromatic N) is 4. The molecule has 3 heterocycles. The fourth-order valence-corrected chi connectivity index (χ4v) is 3.49. The van der Waals surface area contributed by atoms with Gasteiger partial charge >= 0.3 is 0 Å². The summed E-state index contributed by atoms with van der Waals surface area (Å²) in [5.74, 6) is 1.88. The summed E-state index contributed by atoms with van der Waals surface area (Å²) >= 11 is 1.66. The van der Waals surface area contributed by atoms with E-state index in [0.29, 0.717) is 40.7 Å². The molecule has 4 aromatic rings. The highest BCUT2D eigenvalue weighted by Gasteiger charge is 2.16. The second-order valence-corrected chi connectivity index (χ2v) is 6.86. The van der Waals surface area contributed by atoms with Crippen molar-refractivity contribution in [3.63, 3.8) is 0 Å². The largest absolute Gasteiger partial charge is 0.493 e. The van der Waals surface area contributed by atoms with E-state index in [1.54, 1.807) is 31.8 Å². The molecule has 0 saturated heterocycles. The van der Waals surface area contributed by atoms with Gasteiger partial charge in [-0.05, 0) is 23.6 Å². The van der Waals surface area contributed by atoms with Crippen LogP contribution in [-0.2, 0) is 6.54 Å². The summed E-state index contributed by atoms with van der Waals surface area (Å²) in [4.78, 5) is 18.8. The predicted octanol–water partition coefficient (Wildman–Crippen LogP) is 3.36. The van der Waals surface area contributed by atoms with E-state index in [0.717, 1.165) is 5.56 Å². The van der Waals surface area contributed by atoms with E-state index >= 15 is 0 Å². The van der Waals surface area contributed by atoms with Crippen molar-refractivity contribution in [2.75, 3.05) is 25.3 Å². The van der Waals surface area contributed by atoms with Crippen LogP contribution in [0.5, 0.6) is 11.5 Å². The van der Waals surface area contributed by atoms with E-state index in [2.05, 4.69) is 20.3 Å². The van der Waals surface area contributed by atoms with Gasteiger partial charge in [0.05, 0.1) is 32.7 Å². The molecule has 0 bridgehead atoms. The first-order chi connectivity index (χ1) is 13.7. The van der Waals surface area contributed by atoms with E-state index in [1.807, 2.05) is 35.7 Å². The maximum atomic E-state index is 5.84. The summed E-state index contributed by atoms with van der Waals surface area (Å²) in [6, 6.07) is 9.64. The molecule has 4 rings (SSSR count). The number of hydrogen-bond acceptors (Lipinski definition) is 9. The zero-order chi connectivity index (χ0) is 19.5. The predicted molar refractivity (Wildman–Crippen MR) is 110 cm³/mol. The van der Waals surface area contributed by atoms with Crippen LogP contribution in [0.15, 0.2) is 41.9 Å². The number of ether oxygens (including phenoxy) is 2. The quantitative estimate of drug-likeness (QED) is 0.512. The van der Waals surface area contributed by atoms with Crippen molar-refractivity contribution in [2.45, 2.75) is 6.54 Å². The number of methoxy groups -OCH3 is 2. The third-order valence-corrected chi connectivity index (χ3v) is 4.99. The van der Waals surface area contributed by atoms with Gasteiger partial charge in [-0.3, -0.25) is 0 Å². The number of aromatic nitrogens is 4. The number of rotatable bonds is 6. The highest BCUT2D eigenvalue weighted by molar-refractivity contribution is 7.09. The molecule has 8 nitrogen and oxygen atoms in total. The standard InChI is InChI=1S/C19H18N6O2S/c1-26-14-7-3-6-12(16(14)27-2)13-10-22-18-15(23-13)17(24-19(20)25-18)21-9-11-5-4-8-28-11/h3-8,10H,9H2,1-2H3,(H3,20,21,22,24,25). The zero-order valence-corrected chi connectivity index (χ0v) is 16.2. The summed E-state index contributed by atoms with van der Waals surface area (Å²) < 4.78 is 10.9. The van der Waals surface area contributed by atoms with E-state index in [4.69, 9.17) is 20.2 Å². The third kappa shape index (κ3) is 3.39. The van der Waals surface area contributed by atoms with Gasteiger partial charge in [0.1, 0.15) is 0 Å². The molecular weight excluding hydrogens is 376 g/mol. The van der Waals surface area contributed by atoms with Crippen LogP contribution < -0.4 is 20.5 Å². The number of para-hydroxylation sites is 1. The van der Waals surface area contributed by atoms with Crippen LogP contribution in [0.2, 0.25) is 0 Å². The van der Waals surface area contributed by atoms with Gasteiger partial charge in [-0.25, -0.2) is 9.97 Å². The summed E-state index contributed by atoms with van der Waals surface area (Å²) in [6.45, 7) is 0.609. The number of hydrogen-bond donors (Lipinski definition) is 2. The number of benzene rings is 1. The molecular formula is C19H18N6O2S. The van der Waals surface area contributed by atoms with Gasteiger partial charge in [0.2, 0.25) is 5.95 Å². The van der Waals surface area contributed by atoms with Crippen LogP contribution in [0.3, 0.4) is 0 Å². The van der Waals surface area contributed by atoms with Crippen LogP contribution in [0, 0.1) is 0 Å². The van der Waals surface area contributed by atoms with Crippen molar-refractivity contribution in [3.05, 3.63) is 46.8 Å². The number of anilines is 2. The van der Waals surface area contributed by atoms with Gasteiger partial charge < -0.3 is 20.5 Å². The number of thiophene rings is 1. The Balaban J connectivity index is 1.80. The fraction of sp³-hybridized carbons (Fsp3) is 0.158. The molecule has 0 aliphatic rings. The second-order valence-electron chi connectivity index (χ2n) is 5.83. The molecule has 0 atom stereocenters. The minimum absolute atomic E-state index is 0.141. The molecule has 0 amide bonds. The molecule has 9 heteroatoms. The lowest BCUT2D eigenvalue weighted by molar-refractivity contribution is 0.356. The molecule has 0 unspecified atom stereocenters. The molecule has 0 fully saturated rings. The summed E-state index contributed by atoms with van der Waals surface area (Å²) in [5, 5.41) is 5.31. The van der Waals surface area contributed by atoms with Crippen LogP contribution >= 0.6 is 11.3 Å². The third-order valence-electron chi connectivity index (χ3n) is 4.11. The monoisotopic (exact) mass is 394 g/mol. The first-order valence-corrected chi connectivity index (χ1v) is 9.35. The molecule has 3 N–H and O–H groups in total. The van der Waals surface area contributed by atoms with Crippen LogP contribution in [0.25, 0.3) is 22.4 Å². The fourth-order valence-electron chi connectivity index (χ4n) is 2.85. The minimum Gasteiger partial charge on any atom is -0.493 e. The van der Waals surface area contributed by atoms with Crippen molar-refractivity contribution in [1.29, 1.82) is 0 Å². The van der Waals surface area contributed by atoms with E-state index in [1.165, 1.54) is 4.88 Å². The Morgan fingerprint density at radius 2 is 1.96 bits per heavy atom. The zero-order valence-electron chi connectivity index (χ0n) is 15.3. The maximum absolute atomic E-state index is 5.84. The van der Waals surface area contributed by atoms with Crippen molar-refractivity contribution in [3.8, 4) is 22.8 Å². The average molecular weight is 394 g/mol. The lowest BCUT2D eigenvalue weighted by Gasteiger charge is -2.13. The molecule has 28 heavy (non-hydrogen) atoms. The van der Waals surface area contributed by atoms with E-state index < -0.39 is 0 Å². The SMILES string of the molecule is COc1cccc(-c2cnc3nc(N)nc(NCc4cccs4)c3n2)c1OC. The Kier molecular flexibility index (Phi) is 4.90. The number of fused-ring (bicyclic) bond motifs is 1. The Morgan fingerprint density at radius 1 is 1.07 bits per heavy atom. The van der Waals surface area contributed by atoms with Gasteiger partial charge in [-0.2, -0.15) is 9.97 Å². The van der Waals surface area contributed by atoms with Gasteiger partial charge in [-0.1, -0.05) is 12.1 Å². The lowest BCUT2D eigenvalue weighted by Crippen LogP contribution is -2.07. The van der Waals surface area contributed by atoms with Crippen molar-refractivity contribution in [2.24, 2.45) is 0 Å². The van der Waals surface area contributed by atoms with E-state index in [-0.39, 0.29) is 5.95 Å². The van der Waals surface area contributed by atoms with Gasteiger partial charge in [0.25, 0.3) is 0 Å². The molecule has 3 aromatic heterocycles. The second kappa shape index (κ2) is 7.65. The summed E-state index contributed by atoms with van der Waals surface area (Å²) in [7, 11) is 3.19. The Morgan fingerprint density at radius 3 is 2.71 bits per heavy atom. The molecule has 0 saturated carbocycles. The topological polar surface area (TPSA) is 108 Å². The number of nitrogens with two attached hydrogens (primary N) is 1. The molecule has 1 aromatic carbocycles. The van der Waals surface area contributed by atoms with Gasteiger partial charge in [0.15, 0.2) is 28.5 Å². The Hall–Kier alpha value is -3.46. The number of nitrogen functional groups attached to an aromatic ring is 1. The molecule has 142 valence electrons. The Bertz CT molecular complexity index is 1120. The number of nitrogens with one attached hydrogen (secondary N) is 1. The molecule has 0 radical (unpaired) electrons. The van der Waals surface area contributed by atoms with Crippen LogP contribution in [0.1, 0.15) is 4.88 Å². The first kappa shape index (κ1) is 17.9. The normalized spacial score (nSPS) is 10.8. The van der Waals surface area contributed by atoms with Gasteiger partial charge in [-0.15, -0.1) is 11.3 Å².